The van der Waals surface area contributed by atoms with Crippen molar-refractivity contribution in [1.29, 1.82) is 0 Å². The van der Waals surface area contributed by atoms with E-state index in [1.807, 2.05) is 12.2 Å². The van der Waals surface area contributed by atoms with Gasteiger partial charge in [0.05, 0.1) is 21.9 Å². The summed E-state index contributed by atoms with van der Waals surface area (Å²) in [4.78, 5) is 53.4. The number of amides is 3. The number of hydrogen-bond donors (Lipinski definition) is 1. The number of carbonyl (C=O) groups excluding carboxylic acids is 4. The number of rotatable bonds is 5. The molecule has 1 fully saturated rings. The number of likely N-dealkylation sites (tertiary alicyclic amines) is 1. The number of esters is 1. The minimum absolute atomic E-state index is 0.0890. The first-order valence-corrected chi connectivity index (χ1v) is 9.31. The number of imide groups is 1. The van der Waals surface area contributed by atoms with E-state index in [9.17, 15) is 19.2 Å². The number of fused-ring (bicyclic) bond motifs is 1. The third-order valence-corrected chi connectivity index (χ3v) is 5.55. The summed E-state index contributed by atoms with van der Waals surface area (Å²) in [7, 11) is 0. The second-order valence-electron chi connectivity index (χ2n) is 6.52. The summed E-state index contributed by atoms with van der Waals surface area (Å²) in [6.45, 7) is 0.541. The minimum atomic E-state index is -0.852. The van der Waals surface area contributed by atoms with Crippen LogP contribution in [-0.2, 0) is 23.9 Å². The number of nitrogens with one attached hydrogen (secondary N) is 1. The lowest BCUT2D eigenvalue weighted by Crippen LogP contribution is -2.37. The lowest BCUT2D eigenvalue weighted by molar-refractivity contribution is -0.154. The molecule has 0 bridgehead atoms. The summed E-state index contributed by atoms with van der Waals surface area (Å²) in [5.74, 6) is -3.03. The number of nitrogens with zero attached hydrogens (tertiary/aromatic N) is 2. The zero-order valence-electron chi connectivity index (χ0n) is 14.9. The quantitative estimate of drug-likeness (QED) is 0.439. The highest BCUT2D eigenvalue weighted by molar-refractivity contribution is 6.37. The molecule has 1 aromatic heterocycles. The molecule has 1 aliphatic carbocycles. The number of aromatic nitrogens is 1. The van der Waals surface area contributed by atoms with Crippen molar-refractivity contribution in [3.05, 3.63) is 34.0 Å². The topological polar surface area (TPSA) is 106 Å². The molecule has 2 unspecified atom stereocenters. The van der Waals surface area contributed by atoms with Crippen molar-refractivity contribution in [3.8, 4) is 0 Å². The molecule has 2 atom stereocenters. The van der Waals surface area contributed by atoms with E-state index in [0.29, 0.717) is 23.4 Å². The second kappa shape index (κ2) is 8.28. The van der Waals surface area contributed by atoms with Crippen LogP contribution in [0.25, 0.3) is 0 Å². The lowest BCUT2D eigenvalue weighted by Gasteiger charge is -2.14. The minimum Gasteiger partial charge on any atom is -0.454 e. The number of anilines is 1. The molecule has 2 heterocycles. The lowest BCUT2D eigenvalue weighted by atomic mass is 9.85. The normalized spacial score (nSPS) is 20.9. The first-order valence-electron chi connectivity index (χ1n) is 8.56. The maximum absolute atomic E-state index is 12.3. The molecule has 10 heteroatoms. The number of ether oxygens (including phenoxy) is 1. The van der Waals surface area contributed by atoms with Gasteiger partial charge >= 0.3 is 5.97 Å². The van der Waals surface area contributed by atoms with Gasteiger partial charge in [-0.25, -0.2) is 4.98 Å². The molecule has 148 valence electrons. The molecule has 0 aromatic carbocycles. The molecular weight excluding hydrogens is 409 g/mol. The van der Waals surface area contributed by atoms with E-state index in [4.69, 9.17) is 27.9 Å². The van der Waals surface area contributed by atoms with Crippen molar-refractivity contribution in [2.45, 2.75) is 19.8 Å². The first-order chi connectivity index (χ1) is 13.3. The van der Waals surface area contributed by atoms with E-state index in [2.05, 4.69) is 10.3 Å². The van der Waals surface area contributed by atoms with E-state index in [1.165, 1.54) is 6.20 Å². The smallest absolute Gasteiger partial charge is 0.326 e. The molecule has 28 heavy (non-hydrogen) atoms. The second-order valence-corrected chi connectivity index (χ2v) is 7.31. The molecule has 0 spiro atoms. The van der Waals surface area contributed by atoms with Gasteiger partial charge in [0.15, 0.2) is 12.4 Å². The summed E-state index contributed by atoms with van der Waals surface area (Å²) < 4.78 is 4.87. The van der Waals surface area contributed by atoms with Gasteiger partial charge in [0.2, 0.25) is 11.8 Å². The molecule has 1 N–H and O–H groups in total. The van der Waals surface area contributed by atoms with Crippen LogP contribution in [0.3, 0.4) is 0 Å². The highest BCUT2D eigenvalue weighted by Gasteiger charge is 2.47. The van der Waals surface area contributed by atoms with Crippen molar-refractivity contribution in [1.82, 2.24) is 9.88 Å². The van der Waals surface area contributed by atoms with Crippen LogP contribution < -0.4 is 5.32 Å². The zero-order valence-corrected chi connectivity index (χ0v) is 16.4. The summed E-state index contributed by atoms with van der Waals surface area (Å²) >= 11 is 11.9. The number of halogens is 2. The third kappa shape index (κ3) is 4.02. The van der Waals surface area contributed by atoms with Gasteiger partial charge in [-0.05, 0) is 25.3 Å². The number of carbonyl (C=O) groups is 4. The Labute approximate surface area is 170 Å². The maximum atomic E-state index is 12.3. The Morgan fingerprint density at radius 3 is 2.43 bits per heavy atom. The largest absolute Gasteiger partial charge is 0.454 e. The Bertz CT molecular complexity index is 860. The highest BCUT2D eigenvalue weighted by atomic mass is 35.5. The standard InChI is InChI=1S/C18H17Cl2N3O5/c1-9-12(19)6-21-16(15(9)20)22-13(24)8-28-14(25)7-23-17(26)10-4-2-3-5-11(10)18(23)27/h2-3,6,10-11H,4-5,7-8H2,1H3,(H,21,22,24). The molecule has 3 rings (SSSR count). The van der Waals surface area contributed by atoms with E-state index >= 15 is 0 Å². The van der Waals surface area contributed by atoms with Gasteiger partial charge in [-0.1, -0.05) is 35.4 Å². The summed E-state index contributed by atoms with van der Waals surface area (Å²) in [5, 5.41) is 2.94. The zero-order chi connectivity index (χ0) is 20.4. The van der Waals surface area contributed by atoms with Gasteiger partial charge in [-0.3, -0.25) is 24.1 Å². The van der Waals surface area contributed by atoms with Crippen LogP contribution in [0.2, 0.25) is 10.0 Å². The summed E-state index contributed by atoms with van der Waals surface area (Å²) in [6, 6.07) is 0. The Morgan fingerprint density at radius 2 is 1.82 bits per heavy atom. The fourth-order valence-corrected chi connectivity index (χ4v) is 3.55. The fourth-order valence-electron chi connectivity index (χ4n) is 3.16. The molecule has 1 aromatic rings. The first kappa shape index (κ1) is 20.3. The Hall–Kier alpha value is -2.45. The van der Waals surface area contributed by atoms with Crippen LogP contribution in [0.15, 0.2) is 18.3 Å². The van der Waals surface area contributed by atoms with Crippen LogP contribution in [-0.4, -0.2) is 46.7 Å². The van der Waals surface area contributed by atoms with Crippen molar-refractivity contribution in [3.63, 3.8) is 0 Å². The number of hydrogen-bond acceptors (Lipinski definition) is 6. The molecule has 3 amide bonds. The van der Waals surface area contributed by atoms with Crippen molar-refractivity contribution in [2.75, 3.05) is 18.5 Å². The average molecular weight is 426 g/mol. The van der Waals surface area contributed by atoms with Gasteiger partial charge in [0.25, 0.3) is 5.91 Å². The molecule has 0 radical (unpaired) electrons. The summed E-state index contributed by atoms with van der Waals surface area (Å²) in [6.07, 6.45) is 6.02. The van der Waals surface area contributed by atoms with E-state index < -0.39 is 36.9 Å². The molecule has 0 saturated carbocycles. The van der Waals surface area contributed by atoms with Crippen LogP contribution in [0, 0.1) is 18.8 Å². The average Bonchev–Trinajstić information content (AvgIpc) is 2.92. The molecule has 1 aliphatic heterocycles. The van der Waals surface area contributed by atoms with E-state index in [-0.39, 0.29) is 22.7 Å². The van der Waals surface area contributed by atoms with Crippen molar-refractivity contribution in [2.24, 2.45) is 11.8 Å². The predicted octanol–water partition coefficient (Wildman–Crippen LogP) is 2.13. The fraction of sp³-hybridized carbons (Fsp3) is 0.389. The molecule has 1 saturated heterocycles. The Kier molecular flexibility index (Phi) is 6.00. The van der Waals surface area contributed by atoms with Crippen LogP contribution >= 0.6 is 23.2 Å². The maximum Gasteiger partial charge on any atom is 0.326 e. The van der Waals surface area contributed by atoms with Crippen LogP contribution in [0.4, 0.5) is 5.82 Å². The van der Waals surface area contributed by atoms with E-state index in [1.54, 1.807) is 6.92 Å². The summed E-state index contributed by atoms with van der Waals surface area (Å²) in [5.41, 5.74) is 0.549. The van der Waals surface area contributed by atoms with Gasteiger partial charge in [-0.2, -0.15) is 0 Å². The molecule has 2 aliphatic rings. The van der Waals surface area contributed by atoms with Crippen LogP contribution in [0.1, 0.15) is 18.4 Å². The van der Waals surface area contributed by atoms with Crippen molar-refractivity contribution >= 4 is 52.7 Å². The number of pyridine rings is 1. The SMILES string of the molecule is Cc1c(Cl)cnc(NC(=O)COC(=O)CN2C(=O)C3CC=CCC3C2=O)c1Cl. The number of allylic oxidation sites excluding steroid dienone is 2. The van der Waals surface area contributed by atoms with Gasteiger partial charge < -0.3 is 10.1 Å². The van der Waals surface area contributed by atoms with Gasteiger partial charge in [-0.15, -0.1) is 0 Å². The predicted molar refractivity (Wildman–Crippen MR) is 101 cm³/mol. The van der Waals surface area contributed by atoms with Crippen molar-refractivity contribution < 1.29 is 23.9 Å². The monoisotopic (exact) mass is 425 g/mol. The Balaban J connectivity index is 1.52. The Morgan fingerprint density at radius 1 is 1.21 bits per heavy atom. The third-order valence-electron chi connectivity index (χ3n) is 4.71. The highest BCUT2D eigenvalue weighted by Crippen LogP contribution is 2.34. The molecule has 8 nitrogen and oxygen atoms in total. The van der Waals surface area contributed by atoms with Crippen LogP contribution in [0.5, 0.6) is 0 Å². The van der Waals surface area contributed by atoms with E-state index in [0.717, 1.165) is 4.90 Å². The molecular formula is C18H17Cl2N3O5. The van der Waals surface area contributed by atoms with Gasteiger partial charge in [0, 0.05) is 6.20 Å². The van der Waals surface area contributed by atoms with Gasteiger partial charge in [0.1, 0.15) is 6.54 Å².